The van der Waals surface area contributed by atoms with Gasteiger partial charge >= 0.3 is 5.97 Å². The van der Waals surface area contributed by atoms with Gasteiger partial charge in [-0.3, -0.25) is 14.4 Å². The van der Waals surface area contributed by atoms with Crippen molar-refractivity contribution < 1.29 is 19.5 Å². The Bertz CT molecular complexity index is 607. The van der Waals surface area contributed by atoms with Crippen LogP contribution in [0.1, 0.15) is 31.4 Å². The van der Waals surface area contributed by atoms with Gasteiger partial charge in [-0.25, -0.2) is 0 Å². The molecule has 0 spiro atoms. The van der Waals surface area contributed by atoms with Gasteiger partial charge in [-0.15, -0.1) is 0 Å². The Hall–Kier alpha value is -1.53. The summed E-state index contributed by atoms with van der Waals surface area (Å²) in [7, 11) is 0. The van der Waals surface area contributed by atoms with E-state index in [1.807, 2.05) is 0 Å². The predicted octanol–water partition coefficient (Wildman–Crippen LogP) is 2.74. The number of amides is 1. The van der Waals surface area contributed by atoms with Crippen LogP contribution < -0.4 is 0 Å². The summed E-state index contributed by atoms with van der Waals surface area (Å²) in [5.41, 5.74) is 0.619. The summed E-state index contributed by atoms with van der Waals surface area (Å²) >= 11 is 7.28. The van der Waals surface area contributed by atoms with Crippen LogP contribution in [0, 0.1) is 0 Å². The summed E-state index contributed by atoms with van der Waals surface area (Å²) in [5, 5.41) is 9.40. The van der Waals surface area contributed by atoms with Crippen molar-refractivity contribution in [1.82, 2.24) is 4.90 Å². The lowest BCUT2D eigenvalue weighted by molar-refractivity contribution is -0.139. The Morgan fingerprint density at radius 2 is 2.14 bits per heavy atom. The minimum Gasteiger partial charge on any atom is -0.481 e. The van der Waals surface area contributed by atoms with E-state index in [4.69, 9.17) is 16.7 Å². The molecule has 5 nitrogen and oxygen atoms in total. The van der Waals surface area contributed by atoms with Gasteiger partial charge in [-0.2, -0.15) is 0 Å². The number of benzene rings is 1. The molecular weight excluding hydrogens is 326 g/mol. The number of hydrogen-bond acceptors (Lipinski definition) is 4. The van der Waals surface area contributed by atoms with Crippen LogP contribution >= 0.6 is 23.4 Å². The number of likely N-dealkylation sites (tertiary alicyclic amines) is 1. The van der Waals surface area contributed by atoms with Gasteiger partial charge in [0.05, 0.1) is 12.5 Å². The van der Waals surface area contributed by atoms with Crippen molar-refractivity contribution in [2.45, 2.75) is 31.1 Å². The molecule has 2 rings (SSSR count). The Morgan fingerprint density at radius 1 is 1.45 bits per heavy atom. The topological polar surface area (TPSA) is 74.7 Å². The lowest BCUT2D eigenvalue weighted by Gasteiger charge is -2.28. The number of hydrogen-bond donors (Lipinski definition) is 1. The number of rotatable bonds is 5. The first-order valence-electron chi connectivity index (χ1n) is 6.81. The summed E-state index contributed by atoms with van der Waals surface area (Å²) in [4.78, 5) is 36.1. The van der Waals surface area contributed by atoms with Crippen molar-refractivity contribution in [2.75, 3.05) is 6.54 Å². The third-order valence-electron chi connectivity index (χ3n) is 3.46. The molecule has 1 aliphatic heterocycles. The normalized spacial score (nSPS) is 19.3. The van der Waals surface area contributed by atoms with Crippen LogP contribution in [-0.2, 0) is 14.4 Å². The molecule has 1 aliphatic rings. The predicted molar refractivity (Wildman–Crippen MR) is 84.8 cm³/mol. The highest BCUT2D eigenvalue weighted by Crippen LogP contribution is 2.35. The molecule has 22 heavy (non-hydrogen) atoms. The molecule has 1 amide bonds. The second kappa shape index (κ2) is 7.15. The van der Waals surface area contributed by atoms with E-state index in [0.29, 0.717) is 17.1 Å². The van der Waals surface area contributed by atoms with Crippen molar-refractivity contribution >= 4 is 40.4 Å². The maximum Gasteiger partial charge on any atom is 0.305 e. The fourth-order valence-electron chi connectivity index (χ4n) is 2.61. The molecule has 7 heteroatoms. The molecule has 118 valence electrons. The van der Waals surface area contributed by atoms with E-state index in [2.05, 4.69) is 0 Å². The second-order valence-corrected chi connectivity index (χ2v) is 7.00. The molecule has 1 fully saturated rings. The van der Waals surface area contributed by atoms with Crippen molar-refractivity contribution in [3.63, 3.8) is 0 Å². The van der Waals surface area contributed by atoms with Crippen LogP contribution in [0.25, 0.3) is 0 Å². The Balaban J connectivity index is 2.26. The largest absolute Gasteiger partial charge is 0.481 e. The molecule has 0 bridgehead atoms. The molecule has 1 aromatic rings. The van der Waals surface area contributed by atoms with E-state index in [-0.39, 0.29) is 29.1 Å². The number of halogens is 1. The van der Waals surface area contributed by atoms with Crippen LogP contribution in [0.5, 0.6) is 0 Å². The SMILES string of the molecule is CC(=O)SC1CC(=O)N(C(CC(=O)O)c2ccccc2Cl)C1. The van der Waals surface area contributed by atoms with Crippen molar-refractivity contribution in [2.24, 2.45) is 0 Å². The van der Waals surface area contributed by atoms with Gasteiger partial charge in [0.15, 0.2) is 5.12 Å². The standard InChI is InChI=1S/C15H16ClNO4S/c1-9(18)22-10-6-14(19)17(8-10)13(7-15(20)21)11-4-2-3-5-12(11)16/h2-5,10,13H,6-8H2,1H3,(H,20,21). The Kier molecular flexibility index (Phi) is 5.47. The Morgan fingerprint density at radius 3 is 2.73 bits per heavy atom. The first kappa shape index (κ1) is 16.8. The number of aliphatic carboxylic acids is 1. The first-order valence-corrected chi connectivity index (χ1v) is 8.07. The highest BCUT2D eigenvalue weighted by molar-refractivity contribution is 8.14. The smallest absolute Gasteiger partial charge is 0.305 e. The number of nitrogens with zero attached hydrogens (tertiary/aromatic N) is 1. The number of carbonyl (C=O) groups is 3. The molecule has 1 N–H and O–H groups in total. The van der Waals surface area contributed by atoms with E-state index >= 15 is 0 Å². The molecule has 1 heterocycles. The molecule has 0 aromatic heterocycles. The number of carboxylic acid groups (broad SMARTS) is 1. The monoisotopic (exact) mass is 341 g/mol. The Labute approximate surface area is 137 Å². The zero-order chi connectivity index (χ0) is 16.3. The molecule has 1 saturated heterocycles. The van der Waals surface area contributed by atoms with Crippen molar-refractivity contribution in [3.05, 3.63) is 34.9 Å². The first-order chi connectivity index (χ1) is 10.4. The summed E-state index contributed by atoms with van der Waals surface area (Å²) in [6.07, 6.45) is 0.0255. The second-order valence-electron chi connectivity index (χ2n) is 5.12. The molecular formula is C15H16ClNO4S. The van der Waals surface area contributed by atoms with Crippen LogP contribution in [0.2, 0.25) is 5.02 Å². The summed E-state index contributed by atoms with van der Waals surface area (Å²) in [5.74, 6) is -1.15. The molecule has 0 saturated carbocycles. The minimum atomic E-state index is -1.000. The summed E-state index contributed by atoms with van der Waals surface area (Å²) in [6.45, 7) is 1.81. The number of carboxylic acids is 1. The number of carbonyl (C=O) groups excluding carboxylic acids is 2. The van der Waals surface area contributed by atoms with E-state index in [0.717, 1.165) is 11.8 Å². The fraction of sp³-hybridized carbons (Fsp3) is 0.400. The fourth-order valence-corrected chi connectivity index (χ4v) is 3.80. The number of thioether (sulfide) groups is 1. The highest BCUT2D eigenvalue weighted by atomic mass is 35.5. The quantitative estimate of drug-likeness (QED) is 0.891. The lowest BCUT2D eigenvalue weighted by atomic mass is 10.0. The van der Waals surface area contributed by atoms with E-state index < -0.39 is 12.0 Å². The minimum absolute atomic E-state index is 0.0489. The van der Waals surface area contributed by atoms with Crippen molar-refractivity contribution in [1.29, 1.82) is 0 Å². The highest BCUT2D eigenvalue weighted by Gasteiger charge is 2.37. The van der Waals surface area contributed by atoms with E-state index in [1.165, 1.54) is 11.8 Å². The molecule has 1 aromatic carbocycles. The van der Waals surface area contributed by atoms with E-state index in [1.54, 1.807) is 24.3 Å². The summed E-state index contributed by atoms with van der Waals surface area (Å²) < 4.78 is 0. The average molecular weight is 342 g/mol. The van der Waals surface area contributed by atoms with Gasteiger partial charge in [0.25, 0.3) is 0 Å². The van der Waals surface area contributed by atoms with Gasteiger partial charge in [0.2, 0.25) is 5.91 Å². The van der Waals surface area contributed by atoms with Gasteiger partial charge in [-0.05, 0) is 11.6 Å². The lowest BCUT2D eigenvalue weighted by Crippen LogP contribution is -2.32. The van der Waals surface area contributed by atoms with Crippen molar-refractivity contribution in [3.8, 4) is 0 Å². The third-order valence-corrected chi connectivity index (χ3v) is 4.79. The maximum absolute atomic E-state index is 12.2. The zero-order valence-electron chi connectivity index (χ0n) is 12.0. The molecule has 2 atom stereocenters. The zero-order valence-corrected chi connectivity index (χ0v) is 13.6. The molecule has 2 unspecified atom stereocenters. The van der Waals surface area contributed by atoms with Crippen LogP contribution in [-0.4, -0.2) is 38.8 Å². The van der Waals surface area contributed by atoms with Gasteiger partial charge in [-0.1, -0.05) is 41.6 Å². The van der Waals surface area contributed by atoms with E-state index in [9.17, 15) is 14.4 Å². The van der Waals surface area contributed by atoms with Crippen LogP contribution in [0.3, 0.4) is 0 Å². The van der Waals surface area contributed by atoms with Gasteiger partial charge < -0.3 is 10.0 Å². The summed E-state index contributed by atoms with van der Waals surface area (Å²) in [6, 6.07) is 6.31. The molecule has 0 radical (unpaired) electrons. The van der Waals surface area contributed by atoms with Crippen LogP contribution in [0.15, 0.2) is 24.3 Å². The van der Waals surface area contributed by atoms with Crippen LogP contribution in [0.4, 0.5) is 0 Å². The third kappa shape index (κ3) is 4.01. The molecule has 0 aliphatic carbocycles. The maximum atomic E-state index is 12.2. The average Bonchev–Trinajstić information content (AvgIpc) is 2.76. The van der Waals surface area contributed by atoms with Gasteiger partial charge in [0.1, 0.15) is 0 Å². The van der Waals surface area contributed by atoms with Gasteiger partial charge in [0, 0.05) is 30.2 Å².